The Morgan fingerprint density at radius 2 is 2.35 bits per heavy atom. The Bertz CT molecular complexity index is 418. The molecule has 1 aromatic carbocycles. The lowest BCUT2D eigenvalue weighted by molar-refractivity contribution is 0.891. The van der Waals surface area contributed by atoms with Gasteiger partial charge in [0.2, 0.25) is 0 Å². The van der Waals surface area contributed by atoms with Crippen LogP contribution in [-0.2, 0) is 0 Å². The summed E-state index contributed by atoms with van der Waals surface area (Å²) in [6, 6.07) is 8.44. The van der Waals surface area contributed by atoms with Gasteiger partial charge in [0.05, 0.1) is 5.69 Å². The first-order valence-electron chi connectivity index (χ1n) is 5.71. The van der Waals surface area contributed by atoms with Crippen LogP contribution >= 0.6 is 24.0 Å². The molecule has 1 aliphatic heterocycles. The maximum Gasteiger partial charge on any atom is 0.173 e. The van der Waals surface area contributed by atoms with Crippen LogP contribution in [0.15, 0.2) is 41.8 Å². The van der Waals surface area contributed by atoms with Gasteiger partial charge in [-0.2, -0.15) is 0 Å². The summed E-state index contributed by atoms with van der Waals surface area (Å²) >= 11 is 7.34. The Hall–Kier alpha value is -1.00. The maximum atomic E-state index is 5.43. The van der Waals surface area contributed by atoms with E-state index >= 15 is 0 Å². The van der Waals surface area contributed by atoms with Gasteiger partial charge in [-0.05, 0) is 36.5 Å². The number of thiocarbonyl (C=S) groups is 1. The summed E-state index contributed by atoms with van der Waals surface area (Å²) in [6.07, 6.45) is 2.97. The number of nitrogens with one attached hydrogen (secondary N) is 1. The number of hydrogen-bond donors (Lipinski definition) is 1. The van der Waals surface area contributed by atoms with E-state index < -0.39 is 0 Å². The molecule has 17 heavy (non-hydrogen) atoms. The molecule has 4 heteroatoms. The molecule has 1 heterocycles. The van der Waals surface area contributed by atoms with Crippen molar-refractivity contribution in [2.75, 3.05) is 23.7 Å². The number of thioether (sulfide) groups is 1. The molecule has 1 N–H and O–H groups in total. The van der Waals surface area contributed by atoms with Crippen LogP contribution in [-0.4, -0.2) is 24.0 Å². The minimum atomic E-state index is 0.713. The van der Waals surface area contributed by atoms with Gasteiger partial charge in [0.15, 0.2) is 5.11 Å². The molecule has 1 aromatic rings. The van der Waals surface area contributed by atoms with Gasteiger partial charge < -0.3 is 10.2 Å². The van der Waals surface area contributed by atoms with Crippen LogP contribution in [0.1, 0.15) is 6.42 Å². The SMILES string of the molecule is C=CCNC(=S)N1CCCSc2ccccc21. The van der Waals surface area contributed by atoms with Gasteiger partial charge in [0, 0.05) is 18.0 Å². The molecule has 0 aromatic heterocycles. The highest BCUT2D eigenvalue weighted by Gasteiger charge is 2.17. The van der Waals surface area contributed by atoms with E-state index in [0.29, 0.717) is 6.54 Å². The van der Waals surface area contributed by atoms with Crippen LogP contribution in [0.3, 0.4) is 0 Å². The zero-order valence-electron chi connectivity index (χ0n) is 9.69. The van der Waals surface area contributed by atoms with Crippen molar-refractivity contribution in [3.05, 3.63) is 36.9 Å². The van der Waals surface area contributed by atoms with E-state index in [1.54, 1.807) is 0 Å². The first kappa shape index (κ1) is 12.5. The fraction of sp³-hybridized carbons (Fsp3) is 0.308. The smallest absolute Gasteiger partial charge is 0.173 e. The zero-order chi connectivity index (χ0) is 12.1. The van der Waals surface area contributed by atoms with Gasteiger partial charge in [0.25, 0.3) is 0 Å². The fourth-order valence-corrected chi connectivity index (χ4v) is 3.06. The van der Waals surface area contributed by atoms with Gasteiger partial charge in [-0.15, -0.1) is 18.3 Å². The summed E-state index contributed by atoms with van der Waals surface area (Å²) in [5.74, 6) is 1.15. The van der Waals surface area contributed by atoms with Gasteiger partial charge in [-0.25, -0.2) is 0 Å². The average molecular weight is 264 g/mol. The number of para-hydroxylation sites is 1. The molecule has 0 saturated carbocycles. The summed E-state index contributed by atoms with van der Waals surface area (Å²) in [5.41, 5.74) is 1.22. The van der Waals surface area contributed by atoms with Crippen molar-refractivity contribution in [3.8, 4) is 0 Å². The molecular weight excluding hydrogens is 248 g/mol. The van der Waals surface area contributed by atoms with Crippen molar-refractivity contribution in [3.63, 3.8) is 0 Å². The highest BCUT2D eigenvalue weighted by Crippen LogP contribution is 2.33. The Kier molecular flexibility index (Phi) is 4.45. The van der Waals surface area contributed by atoms with Crippen LogP contribution in [0.4, 0.5) is 5.69 Å². The van der Waals surface area contributed by atoms with E-state index in [4.69, 9.17) is 12.2 Å². The molecule has 90 valence electrons. The summed E-state index contributed by atoms with van der Waals surface area (Å²) in [5, 5.41) is 3.99. The van der Waals surface area contributed by atoms with E-state index in [-0.39, 0.29) is 0 Å². The molecule has 0 bridgehead atoms. The summed E-state index contributed by atoms with van der Waals surface area (Å²) in [6.45, 7) is 5.39. The Morgan fingerprint density at radius 1 is 1.53 bits per heavy atom. The van der Waals surface area contributed by atoms with Gasteiger partial charge in [-0.1, -0.05) is 18.2 Å². The van der Waals surface area contributed by atoms with Crippen molar-refractivity contribution < 1.29 is 0 Å². The zero-order valence-corrected chi connectivity index (χ0v) is 11.3. The summed E-state index contributed by atoms with van der Waals surface area (Å²) in [4.78, 5) is 3.50. The van der Waals surface area contributed by atoms with Gasteiger partial charge >= 0.3 is 0 Å². The Labute approximate surface area is 112 Å². The molecule has 0 amide bonds. The molecule has 0 fully saturated rings. The third kappa shape index (κ3) is 3.01. The average Bonchev–Trinajstić information content (AvgIpc) is 2.58. The van der Waals surface area contributed by atoms with E-state index in [1.807, 2.05) is 17.8 Å². The lowest BCUT2D eigenvalue weighted by Gasteiger charge is -2.25. The molecule has 0 saturated heterocycles. The molecule has 2 nitrogen and oxygen atoms in total. The summed E-state index contributed by atoms with van der Waals surface area (Å²) < 4.78 is 0. The number of rotatable bonds is 2. The predicted octanol–water partition coefficient (Wildman–Crippen LogP) is 3.05. The quantitative estimate of drug-likeness (QED) is 0.652. The van der Waals surface area contributed by atoms with Crippen LogP contribution in [0.25, 0.3) is 0 Å². The van der Waals surface area contributed by atoms with Crippen molar-refractivity contribution in [2.45, 2.75) is 11.3 Å². The van der Waals surface area contributed by atoms with E-state index in [0.717, 1.165) is 23.8 Å². The predicted molar refractivity (Wildman–Crippen MR) is 79.9 cm³/mol. The standard InChI is InChI=1S/C13H16N2S2/c1-2-8-14-13(16)15-9-5-10-17-12-7-4-3-6-11(12)15/h2-4,6-7H,1,5,8-10H2,(H,14,16). The molecular formula is C13H16N2S2. The monoisotopic (exact) mass is 264 g/mol. The minimum Gasteiger partial charge on any atom is -0.359 e. The largest absolute Gasteiger partial charge is 0.359 e. The molecule has 0 unspecified atom stereocenters. The van der Waals surface area contributed by atoms with Gasteiger partial charge in [0.1, 0.15) is 0 Å². The molecule has 0 atom stereocenters. The van der Waals surface area contributed by atoms with Crippen LogP contribution in [0.5, 0.6) is 0 Å². The van der Waals surface area contributed by atoms with E-state index in [1.165, 1.54) is 10.6 Å². The topological polar surface area (TPSA) is 15.3 Å². The number of anilines is 1. The van der Waals surface area contributed by atoms with Crippen LogP contribution in [0.2, 0.25) is 0 Å². The lowest BCUT2D eigenvalue weighted by atomic mass is 10.3. The fourth-order valence-electron chi connectivity index (χ4n) is 1.79. The number of fused-ring (bicyclic) bond motifs is 1. The summed E-state index contributed by atoms with van der Waals surface area (Å²) in [7, 11) is 0. The molecule has 0 spiro atoms. The molecule has 2 rings (SSSR count). The molecule has 0 radical (unpaired) electrons. The van der Waals surface area contributed by atoms with Crippen LogP contribution in [0, 0.1) is 0 Å². The number of hydrogen-bond acceptors (Lipinski definition) is 2. The maximum absolute atomic E-state index is 5.43. The van der Waals surface area contributed by atoms with Crippen molar-refractivity contribution in [2.24, 2.45) is 0 Å². The first-order valence-corrected chi connectivity index (χ1v) is 7.10. The highest BCUT2D eigenvalue weighted by molar-refractivity contribution is 7.99. The van der Waals surface area contributed by atoms with Crippen molar-refractivity contribution >= 4 is 34.8 Å². The van der Waals surface area contributed by atoms with E-state index in [2.05, 4.69) is 41.1 Å². The number of benzene rings is 1. The van der Waals surface area contributed by atoms with Crippen molar-refractivity contribution in [1.29, 1.82) is 0 Å². The third-order valence-electron chi connectivity index (χ3n) is 2.58. The van der Waals surface area contributed by atoms with Crippen LogP contribution < -0.4 is 10.2 Å². The number of nitrogens with zero attached hydrogens (tertiary/aromatic N) is 1. The Balaban J connectivity index is 2.22. The second kappa shape index (κ2) is 6.07. The van der Waals surface area contributed by atoms with E-state index in [9.17, 15) is 0 Å². The highest BCUT2D eigenvalue weighted by atomic mass is 32.2. The normalized spacial score (nSPS) is 14.7. The van der Waals surface area contributed by atoms with Crippen molar-refractivity contribution in [1.82, 2.24) is 5.32 Å². The second-order valence-electron chi connectivity index (χ2n) is 3.80. The van der Waals surface area contributed by atoms with Gasteiger partial charge in [-0.3, -0.25) is 0 Å². The third-order valence-corrected chi connectivity index (χ3v) is 4.10. The first-order chi connectivity index (χ1) is 8.33. The Morgan fingerprint density at radius 3 is 3.18 bits per heavy atom. The molecule has 1 aliphatic rings. The molecule has 0 aliphatic carbocycles. The minimum absolute atomic E-state index is 0.713. The second-order valence-corrected chi connectivity index (χ2v) is 5.32. The lowest BCUT2D eigenvalue weighted by Crippen LogP contribution is -2.40.